The molecule has 0 saturated carbocycles. The third-order valence-corrected chi connectivity index (χ3v) is 2.39. The van der Waals surface area contributed by atoms with E-state index in [0.717, 1.165) is 11.1 Å². The van der Waals surface area contributed by atoms with E-state index in [2.05, 4.69) is 9.46 Å². The lowest BCUT2D eigenvalue weighted by atomic mass is 10.1. The number of benzene rings is 1. The lowest BCUT2D eigenvalue weighted by molar-refractivity contribution is -0.139. The van der Waals surface area contributed by atoms with Crippen LogP contribution in [0.1, 0.15) is 11.1 Å². The summed E-state index contributed by atoms with van der Waals surface area (Å²) < 4.78 is 25.8. The second kappa shape index (κ2) is 6.37. The van der Waals surface area contributed by atoms with E-state index in [1.807, 2.05) is 0 Å². The van der Waals surface area contributed by atoms with Gasteiger partial charge < -0.3 is 4.74 Å². The first-order valence-corrected chi connectivity index (χ1v) is 5.71. The van der Waals surface area contributed by atoms with Gasteiger partial charge in [0.25, 0.3) is 0 Å². The van der Waals surface area contributed by atoms with Gasteiger partial charge in [0, 0.05) is 6.54 Å². The van der Waals surface area contributed by atoms with E-state index >= 15 is 0 Å². The fourth-order valence-corrected chi connectivity index (χ4v) is 1.45. The van der Waals surface area contributed by atoms with Gasteiger partial charge in [-0.1, -0.05) is 24.3 Å². The number of nitrogens with one attached hydrogen (secondary N) is 1. The van der Waals surface area contributed by atoms with Gasteiger partial charge >= 0.3 is 5.97 Å². The van der Waals surface area contributed by atoms with Crippen LogP contribution < -0.4 is 4.72 Å². The first kappa shape index (κ1) is 12.8. The van der Waals surface area contributed by atoms with Crippen molar-refractivity contribution in [1.29, 1.82) is 0 Å². The highest BCUT2D eigenvalue weighted by Gasteiger charge is 2.02. The Morgan fingerprint density at radius 2 is 1.94 bits per heavy atom. The molecule has 0 saturated heterocycles. The molecule has 0 spiro atoms. The SMILES string of the molecule is COC(=O)Cc1ccc(CNS(=O)O)cc1. The first-order valence-electron chi connectivity index (χ1n) is 4.61. The maximum absolute atomic E-state index is 11.0. The lowest BCUT2D eigenvalue weighted by Gasteiger charge is -2.03. The van der Waals surface area contributed by atoms with Crippen molar-refractivity contribution >= 4 is 17.2 Å². The third kappa shape index (κ3) is 4.52. The monoisotopic (exact) mass is 243 g/mol. The van der Waals surface area contributed by atoms with Gasteiger partial charge in [0.1, 0.15) is 0 Å². The van der Waals surface area contributed by atoms with Crippen LogP contribution in [-0.2, 0) is 33.8 Å². The molecule has 0 radical (unpaired) electrons. The second-order valence-corrected chi connectivity index (χ2v) is 3.93. The summed E-state index contributed by atoms with van der Waals surface area (Å²) in [5.41, 5.74) is 1.72. The molecule has 0 aliphatic heterocycles. The van der Waals surface area contributed by atoms with Crippen LogP contribution in [0.5, 0.6) is 0 Å². The molecule has 0 amide bonds. The van der Waals surface area contributed by atoms with Gasteiger partial charge in [-0.05, 0) is 11.1 Å². The predicted octanol–water partition coefficient (Wildman–Crippen LogP) is 0.628. The Morgan fingerprint density at radius 3 is 2.44 bits per heavy atom. The van der Waals surface area contributed by atoms with Crippen molar-refractivity contribution in [2.45, 2.75) is 13.0 Å². The van der Waals surface area contributed by atoms with E-state index < -0.39 is 11.3 Å². The van der Waals surface area contributed by atoms with E-state index in [4.69, 9.17) is 4.55 Å². The van der Waals surface area contributed by atoms with Crippen molar-refractivity contribution in [3.05, 3.63) is 35.4 Å². The van der Waals surface area contributed by atoms with E-state index in [-0.39, 0.29) is 12.4 Å². The highest BCUT2D eigenvalue weighted by atomic mass is 32.2. The number of carbonyl (C=O) groups excluding carboxylic acids is 1. The van der Waals surface area contributed by atoms with Gasteiger partial charge in [-0.3, -0.25) is 9.35 Å². The molecule has 1 unspecified atom stereocenters. The molecular formula is C10H13NO4S. The average Bonchev–Trinajstić information content (AvgIpc) is 2.28. The number of carbonyl (C=O) groups is 1. The highest BCUT2D eigenvalue weighted by Crippen LogP contribution is 2.05. The zero-order valence-electron chi connectivity index (χ0n) is 8.80. The highest BCUT2D eigenvalue weighted by molar-refractivity contribution is 7.77. The molecule has 2 N–H and O–H groups in total. The van der Waals surface area contributed by atoms with Crippen LogP contribution in [0.4, 0.5) is 0 Å². The summed E-state index contributed by atoms with van der Waals surface area (Å²) in [4.78, 5) is 11.0. The van der Waals surface area contributed by atoms with E-state index in [1.165, 1.54) is 7.11 Å². The second-order valence-electron chi connectivity index (χ2n) is 3.14. The van der Waals surface area contributed by atoms with E-state index in [1.54, 1.807) is 24.3 Å². The Bertz CT molecular complexity index is 377. The molecule has 5 nitrogen and oxygen atoms in total. The zero-order chi connectivity index (χ0) is 12.0. The van der Waals surface area contributed by atoms with Gasteiger partial charge in [0.15, 0.2) is 0 Å². The topological polar surface area (TPSA) is 75.6 Å². The summed E-state index contributed by atoms with van der Waals surface area (Å²) >= 11 is -2.01. The minimum Gasteiger partial charge on any atom is -0.469 e. The summed E-state index contributed by atoms with van der Waals surface area (Å²) in [5, 5.41) is 0. The van der Waals surface area contributed by atoms with E-state index in [0.29, 0.717) is 6.54 Å². The largest absolute Gasteiger partial charge is 0.469 e. The molecule has 0 fully saturated rings. The van der Waals surface area contributed by atoms with Crippen molar-refractivity contribution in [2.24, 2.45) is 0 Å². The molecule has 6 heteroatoms. The van der Waals surface area contributed by atoms with Gasteiger partial charge in [0.2, 0.25) is 11.3 Å². The number of methoxy groups -OCH3 is 1. The normalized spacial score (nSPS) is 12.1. The van der Waals surface area contributed by atoms with Gasteiger partial charge in [-0.2, -0.15) is 0 Å². The summed E-state index contributed by atoms with van der Waals surface area (Å²) in [6.07, 6.45) is 0.232. The van der Waals surface area contributed by atoms with Crippen LogP contribution >= 0.6 is 0 Å². The summed E-state index contributed by atoms with van der Waals surface area (Å²) in [7, 11) is 1.34. The Kier molecular flexibility index (Phi) is 5.10. The summed E-state index contributed by atoms with van der Waals surface area (Å²) in [5.74, 6) is -0.290. The van der Waals surface area contributed by atoms with Crippen molar-refractivity contribution in [3.63, 3.8) is 0 Å². The average molecular weight is 243 g/mol. The molecule has 16 heavy (non-hydrogen) atoms. The van der Waals surface area contributed by atoms with Crippen molar-refractivity contribution in [3.8, 4) is 0 Å². The maximum atomic E-state index is 11.0. The lowest BCUT2D eigenvalue weighted by Crippen LogP contribution is -2.15. The summed E-state index contributed by atoms with van der Waals surface area (Å²) in [6.45, 7) is 0.307. The van der Waals surface area contributed by atoms with Gasteiger partial charge in [-0.25, -0.2) is 8.93 Å². The molecule has 0 aliphatic rings. The van der Waals surface area contributed by atoms with Crippen molar-refractivity contribution in [2.75, 3.05) is 7.11 Å². The maximum Gasteiger partial charge on any atom is 0.309 e. The predicted molar refractivity (Wildman–Crippen MR) is 59.8 cm³/mol. The molecule has 0 aromatic heterocycles. The zero-order valence-corrected chi connectivity index (χ0v) is 9.62. The Labute approximate surface area is 96.2 Å². The fourth-order valence-electron chi connectivity index (χ4n) is 1.16. The van der Waals surface area contributed by atoms with Crippen molar-refractivity contribution < 1.29 is 18.3 Å². The number of esters is 1. The number of ether oxygens (including phenoxy) is 1. The smallest absolute Gasteiger partial charge is 0.309 e. The minimum atomic E-state index is -2.01. The molecule has 0 heterocycles. The van der Waals surface area contributed by atoms with Crippen LogP contribution in [0.15, 0.2) is 24.3 Å². The Balaban J connectivity index is 2.54. The Morgan fingerprint density at radius 1 is 1.38 bits per heavy atom. The number of hydrogen-bond donors (Lipinski definition) is 2. The molecule has 0 bridgehead atoms. The van der Waals surface area contributed by atoms with Gasteiger partial charge in [-0.15, -0.1) is 0 Å². The minimum absolute atomic E-state index is 0.232. The molecule has 1 aromatic carbocycles. The molecule has 88 valence electrons. The molecule has 1 aromatic rings. The first-order chi connectivity index (χ1) is 7.61. The van der Waals surface area contributed by atoms with Crippen LogP contribution in [0, 0.1) is 0 Å². The van der Waals surface area contributed by atoms with Gasteiger partial charge in [0.05, 0.1) is 13.5 Å². The Hall–Kier alpha value is -1.24. The quantitative estimate of drug-likeness (QED) is 0.587. The standard InChI is InChI=1S/C10H13NO4S/c1-15-10(12)6-8-2-4-9(5-3-8)7-11-16(13)14/h2-5,11H,6-7H2,1H3,(H,13,14). The molecule has 1 rings (SSSR count). The van der Waals surface area contributed by atoms with Crippen molar-refractivity contribution in [1.82, 2.24) is 4.72 Å². The van der Waals surface area contributed by atoms with Crippen LogP contribution in [0.2, 0.25) is 0 Å². The molecule has 0 aliphatic carbocycles. The number of rotatable bonds is 5. The summed E-state index contributed by atoms with van der Waals surface area (Å²) in [6, 6.07) is 7.15. The third-order valence-electron chi connectivity index (χ3n) is 2.00. The van der Waals surface area contributed by atoms with Crippen LogP contribution in [-0.4, -0.2) is 21.8 Å². The van der Waals surface area contributed by atoms with Crippen LogP contribution in [0.25, 0.3) is 0 Å². The van der Waals surface area contributed by atoms with Crippen LogP contribution in [0.3, 0.4) is 0 Å². The molecule has 1 atom stereocenters. The number of hydrogen-bond acceptors (Lipinski definition) is 3. The van der Waals surface area contributed by atoms with E-state index in [9.17, 15) is 9.00 Å². The fraction of sp³-hybridized carbons (Fsp3) is 0.300. The molecular weight excluding hydrogens is 230 g/mol.